The van der Waals surface area contributed by atoms with Crippen molar-refractivity contribution in [3.63, 3.8) is 0 Å². The summed E-state index contributed by atoms with van der Waals surface area (Å²) in [5, 5.41) is 9.64. The van der Waals surface area contributed by atoms with Gasteiger partial charge in [0.25, 0.3) is 5.91 Å². The lowest BCUT2D eigenvalue weighted by molar-refractivity contribution is -0.136. The van der Waals surface area contributed by atoms with Crippen molar-refractivity contribution in [3.05, 3.63) is 34.9 Å². The first-order valence-electron chi connectivity index (χ1n) is 10.3. The zero-order chi connectivity index (χ0) is 19.3. The average Bonchev–Trinajstić information content (AvgIpc) is 3.17. The molecule has 1 aromatic rings. The summed E-state index contributed by atoms with van der Waals surface area (Å²) < 4.78 is 0. The summed E-state index contributed by atoms with van der Waals surface area (Å²) in [6.45, 7) is 3.19. The summed E-state index contributed by atoms with van der Waals surface area (Å²) in [6.07, 6.45) is 4.31. The Morgan fingerprint density at radius 1 is 1.21 bits per heavy atom. The van der Waals surface area contributed by atoms with Crippen LogP contribution in [0.4, 0.5) is 0 Å². The second-order valence-corrected chi connectivity index (χ2v) is 8.72. The Balaban J connectivity index is 1.34. The summed E-state index contributed by atoms with van der Waals surface area (Å²) in [7, 11) is 0. The van der Waals surface area contributed by atoms with Crippen LogP contribution >= 0.6 is 0 Å². The lowest BCUT2D eigenvalue weighted by Gasteiger charge is -2.35. The topological polar surface area (TPSA) is 90.5 Å². The first-order chi connectivity index (χ1) is 13.5. The largest absolute Gasteiger partial charge is 0.322 e. The maximum Gasteiger partial charge on any atom is 0.255 e. The molecule has 3 unspecified atom stereocenters. The second-order valence-electron chi connectivity index (χ2n) is 8.72. The minimum atomic E-state index is -0.560. The number of fused-ring (bicyclic) bond motifs is 3. The Bertz CT molecular complexity index is 850. The number of carbonyl (C=O) groups is 3. The summed E-state index contributed by atoms with van der Waals surface area (Å²) in [5.41, 5.74) is 2.84. The molecule has 1 aromatic carbocycles. The van der Waals surface area contributed by atoms with Crippen molar-refractivity contribution < 1.29 is 14.4 Å². The van der Waals surface area contributed by atoms with Crippen LogP contribution in [-0.2, 0) is 22.7 Å². The van der Waals surface area contributed by atoms with Crippen LogP contribution in [0.5, 0.6) is 0 Å². The molecule has 28 heavy (non-hydrogen) atoms. The van der Waals surface area contributed by atoms with Gasteiger partial charge in [0, 0.05) is 37.2 Å². The van der Waals surface area contributed by atoms with Gasteiger partial charge in [-0.1, -0.05) is 18.2 Å². The van der Waals surface area contributed by atoms with Crippen LogP contribution in [0.3, 0.4) is 0 Å². The highest BCUT2D eigenvalue weighted by molar-refractivity contribution is 6.05. The molecule has 3 fully saturated rings. The average molecular weight is 382 g/mol. The molecule has 4 aliphatic rings. The van der Waals surface area contributed by atoms with Crippen molar-refractivity contribution in [1.82, 2.24) is 20.9 Å². The minimum absolute atomic E-state index is 0.0922. The van der Waals surface area contributed by atoms with E-state index in [4.69, 9.17) is 0 Å². The standard InChI is InChI=1S/C21H26N4O3/c26-17-5-4-16(19(27)24-17)25-11-15-3-1-2-14(18(15)20(25)28)10-23-21-7-6-13(8-21)9-22-12-21/h1-3,13,16,22-23H,4-12H2,(H,24,26,27). The highest BCUT2D eigenvalue weighted by Crippen LogP contribution is 2.37. The maximum atomic E-state index is 13.2. The van der Waals surface area contributed by atoms with E-state index in [-0.39, 0.29) is 29.7 Å². The van der Waals surface area contributed by atoms with Crippen molar-refractivity contribution in [2.75, 3.05) is 13.1 Å². The van der Waals surface area contributed by atoms with Crippen LogP contribution in [0, 0.1) is 5.92 Å². The van der Waals surface area contributed by atoms with Gasteiger partial charge >= 0.3 is 0 Å². The van der Waals surface area contributed by atoms with Crippen molar-refractivity contribution in [3.8, 4) is 0 Å². The minimum Gasteiger partial charge on any atom is -0.322 e. The summed E-state index contributed by atoms with van der Waals surface area (Å²) in [6, 6.07) is 5.41. The molecule has 0 radical (unpaired) electrons. The fourth-order valence-electron chi connectivity index (χ4n) is 5.43. The number of piperidine rings is 2. The van der Waals surface area contributed by atoms with E-state index in [0.717, 1.165) is 35.7 Å². The van der Waals surface area contributed by atoms with Gasteiger partial charge in [0.05, 0.1) is 0 Å². The molecule has 0 spiro atoms. The predicted octanol–water partition coefficient (Wildman–Crippen LogP) is 0.679. The lowest BCUT2D eigenvalue weighted by Crippen LogP contribution is -2.54. The molecule has 5 rings (SSSR count). The summed E-state index contributed by atoms with van der Waals surface area (Å²) in [5.74, 6) is 0.0459. The monoisotopic (exact) mass is 382 g/mol. The predicted molar refractivity (Wildman–Crippen MR) is 102 cm³/mol. The van der Waals surface area contributed by atoms with E-state index in [9.17, 15) is 14.4 Å². The van der Waals surface area contributed by atoms with Crippen molar-refractivity contribution in [1.29, 1.82) is 0 Å². The molecule has 3 atom stereocenters. The van der Waals surface area contributed by atoms with Gasteiger partial charge < -0.3 is 15.5 Å². The molecule has 2 saturated heterocycles. The van der Waals surface area contributed by atoms with Gasteiger partial charge in [0.1, 0.15) is 6.04 Å². The Morgan fingerprint density at radius 3 is 2.96 bits per heavy atom. The van der Waals surface area contributed by atoms with Crippen LogP contribution < -0.4 is 16.0 Å². The number of carbonyl (C=O) groups excluding carboxylic acids is 3. The first kappa shape index (κ1) is 17.8. The molecule has 3 aliphatic heterocycles. The van der Waals surface area contributed by atoms with E-state index < -0.39 is 6.04 Å². The van der Waals surface area contributed by atoms with E-state index >= 15 is 0 Å². The maximum absolute atomic E-state index is 13.2. The molecule has 148 valence electrons. The second kappa shape index (κ2) is 6.67. The third-order valence-corrected chi connectivity index (χ3v) is 6.90. The fourth-order valence-corrected chi connectivity index (χ4v) is 5.43. The number of hydrogen-bond donors (Lipinski definition) is 3. The van der Waals surface area contributed by atoms with E-state index in [2.05, 4.69) is 16.0 Å². The smallest absolute Gasteiger partial charge is 0.255 e. The number of rotatable bonds is 4. The lowest BCUT2D eigenvalue weighted by atomic mass is 9.91. The summed E-state index contributed by atoms with van der Waals surface area (Å²) in [4.78, 5) is 38.5. The van der Waals surface area contributed by atoms with Gasteiger partial charge in [-0.3, -0.25) is 19.7 Å². The van der Waals surface area contributed by atoms with Gasteiger partial charge in [0.2, 0.25) is 11.8 Å². The molecule has 1 aliphatic carbocycles. The number of benzene rings is 1. The number of amides is 3. The van der Waals surface area contributed by atoms with E-state index in [1.54, 1.807) is 4.90 Å². The SMILES string of the molecule is O=C1CCC(N2Cc3cccc(CNC45CCC(CNC4)C5)c3C2=O)C(=O)N1. The quantitative estimate of drug-likeness (QED) is 0.667. The van der Waals surface area contributed by atoms with Crippen LogP contribution in [0.2, 0.25) is 0 Å². The Hall–Kier alpha value is -2.25. The third kappa shape index (κ3) is 2.93. The molecule has 2 bridgehead atoms. The van der Waals surface area contributed by atoms with Crippen molar-refractivity contribution in [2.24, 2.45) is 5.92 Å². The van der Waals surface area contributed by atoms with Gasteiger partial charge in [-0.2, -0.15) is 0 Å². The first-order valence-corrected chi connectivity index (χ1v) is 10.3. The van der Waals surface area contributed by atoms with Crippen LogP contribution in [0.15, 0.2) is 18.2 Å². The molecule has 3 heterocycles. The molecule has 3 N–H and O–H groups in total. The molecule has 7 heteroatoms. The van der Waals surface area contributed by atoms with Crippen LogP contribution in [0.25, 0.3) is 0 Å². The third-order valence-electron chi connectivity index (χ3n) is 6.90. The molecular weight excluding hydrogens is 356 g/mol. The summed E-state index contributed by atoms with van der Waals surface area (Å²) >= 11 is 0. The van der Waals surface area contributed by atoms with Crippen molar-refractivity contribution in [2.45, 2.75) is 56.8 Å². The van der Waals surface area contributed by atoms with Crippen LogP contribution in [0.1, 0.15) is 53.6 Å². The molecule has 0 aromatic heterocycles. The Labute approximate surface area is 164 Å². The fraction of sp³-hybridized carbons (Fsp3) is 0.571. The number of nitrogens with zero attached hydrogens (tertiary/aromatic N) is 1. The number of nitrogens with one attached hydrogen (secondary N) is 3. The zero-order valence-corrected chi connectivity index (χ0v) is 15.9. The van der Waals surface area contributed by atoms with Crippen LogP contribution in [-0.4, -0.2) is 47.3 Å². The van der Waals surface area contributed by atoms with Gasteiger partial charge in [-0.25, -0.2) is 0 Å². The molecule has 3 amide bonds. The molecule has 7 nitrogen and oxygen atoms in total. The highest BCUT2D eigenvalue weighted by Gasteiger charge is 2.43. The van der Waals surface area contributed by atoms with E-state index in [0.29, 0.717) is 19.5 Å². The van der Waals surface area contributed by atoms with E-state index in [1.165, 1.54) is 19.3 Å². The highest BCUT2D eigenvalue weighted by atomic mass is 16.2. The molecular formula is C21H26N4O3. The molecule has 1 saturated carbocycles. The zero-order valence-electron chi connectivity index (χ0n) is 15.9. The van der Waals surface area contributed by atoms with Gasteiger partial charge in [0.15, 0.2) is 0 Å². The Morgan fingerprint density at radius 2 is 2.11 bits per heavy atom. The number of hydrogen-bond acceptors (Lipinski definition) is 5. The normalized spacial score (nSPS) is 31.9. The van der Waals surface area contributed by atoms with Crippen molar-refractivity contribution >= 4 is 17.7 Å². The van der Waals surface area contributed by atoms with Gasteiger partial charge in [-0.15, -0.1) is 0 Å². The number of imide groups is 1. The Kier molecular flexibility index (Phi) is 4.25. The van der Waals surface area contributed by atoms with E-state index in [1.807, 2.05) is 18.2 Å². The van der Waals surface area contributed by atoms with Gasteiger partial charge in [-0.05, 0) is 49.3 Å².